The maximum atomic E-state index is 12.6. The zero-order valence-corrected chi connectivity index (χ0v) is 11.3. The number of hydrogen-bond donors (Lipinski definition) is 1. The molecule has 0 aromatic heterocycles. The summed E-state index contributed by atoms with van der Waals surface area (Å²) in [7, 11) is 0. The minimum atomic E-state index is -0.641. The number of hydrogen-bond acceptors (Lipinski definition) is 3. The fraction of sp³-hybridized carbons (Fsp3) is 0.786. The van der Waals surface area contributed by atoms with Crippen molar-refractivity contribution in [2.24, 2.45) is 11.8 Å². The first-order chi connectivity index (χ1) is 9.03. The van der Waals surface area contributed by atoms with Crippen LogP contribution < -0.4 is 5.32 Å². The Bertz CT molecular complexity index is 436. The van der Waals surface area contributed by atoms with Crippen molar-refractivity contribution in [1.29, 1.82) is 0 Å². The molecule has 1 N–H and O–H groups in total. The molecule has 2 aliphatic carbocycles. The number of nitrogens with one attached hydrogen (secondary N) is 1. The highest BCUT2D eigenvalue weighted by molar-refractivity contribution is 6.16. The van der Waals surface area contributed by atoms with E-state index < -0.39 is 11.9 Å². The van der Waals surface area contributed by atoms with E-state index in [9.17, 15) is 14.4 Å². The molecule has 1 unspecified atom stereocenters. The van der Waals surface area contributed by atoms with Crippen molar-refractivity contribution in [2.75, 3.05) is 0 Å². The highest BCUT2D eigenvalue weighted by atomic mass is 16.2. The van der Waals surface area contributed by atoms with E-state index in [4.69, 9.17) is 0 Å². The SMILES string of the molecule is CC1(N2C(=O)NC(=O)C(C3CCCC3)C2=O)CCC1. The minimum Gasteiger partial charge on any atom is -0.277 e. The molecule has 2 saturated carbocycles. The Balaban J connectivity index is 1.87. The average molecular weight is 264 g/mol. The minimum absolute atomic E-state index is 0.117. The second-order valence-electron chi connectivity index (χ2n) is 6.34. The molecule has 104 valence electrons. The monoisotopic (exact) mass is 264 g/mol. The van der Waals surface area contributed by atoms with Gasteiger partial charge in [-0.05, 0) is 44.9 Å². The number of barbiturate groups is 1. The number of urea groups is 1. The van der Waals surface area contributed by atoms with Crippen LogP contribution in [0.1, 0.15) is 51.9 Å². The van der Waals surface area contributed by atoms with Gasteiger partial charge in [0.05, 0.1) is 0 Å². The van der Waals surface area contributed by atoms with Crippen molar-refractivity contribution in [3.63, 3.8) is 0 Å². The van der Waals surface area contributed by atoms with Crippen LogP contribution in [0.15, 0.2) is 0 Å². The number of nitrogens with zero attached hydrogens (tertiary/aromatic N) is 1. The lowest BCUT2D eigenvalue weighted by Crippen LogP contribution is -2.67. The van der Waals surface area contributed by atoms with Crippen LogP contribution in [-0.4, -0.2) is 28.3 Å². The number of rotatable bonds is 2. The number of carbonyl (C=O) groups excluding carboxylic acids is 3. The molecule has 0 radical (unpaired) electrons. The standard InChI is InChI=1S/C14H20N2O3/c1-14(7-4-8-14)16-12(18)10(9-5-2-3-6-9)11(17)15-13(16)19/h9-10H,2-8H2,1H3,(H,15,17,19). The number of amides is 4. The Kier molecular flexibility index (Phi) is 2.87. The summed E-state index contributed by atoms with van der Waals surface area (Å²) in [4.78, 5) is 37.9. The van der Waals surface area contributed by atoms with E-state index in [1.165, 1.54) is 4.90 Å². The summed E-state index contributed by atoms with van der Waals surface area (Å²) in [5.41, 5.74) is -0.376. The smallest absolute Gasteiger partial charge is 0.277 e. The van der Waals surface area contributed by atoms with E-state index in [1.54, 1.807) is 0 Å². The van der Waals surface area contributed by atoms with Gasteiger partial charge in [-0.25, -0.2) is 4.79 Å². The second kappa shape index (κ2) is 4.32. The predicted octanol–water partition coefficient (Wildman–Crippen LogP) is 1.81. The molecule has 0 spiro atoms. The summed E-state index contributed by atoms with van der Waals surface area (Å²) in [5.74, 6) is -1.17. The van der Waals surface area contributed by atoms with E-state index in [1.807, 2.05) is 6.92 Å². The fourth-order valence-corrected chi connectivity index (χ4v) is 3.72. The van der Waals surface area contributed by atoms with E-state index in [0.29, 0.717) is 0 Å². The fourth-order valence-electron chi connectivity index (χ4n) is 3.72. The molecule has 1 atom stereocenters. The van der Waals surface area contributed by atoms with Gasteiger partial charge < -0.3 is 0 Å². The Morgan fingerprint density at radius 2 is 1.74 bits per heavy atom. The first-order valence-corrected chi connectivity index (χ1v) is 7.22. The number of carbonyl (C=O) groups is 3. The zero-order valence-electron chi connectivity index (χ0n) is 11.3. The molecule has 19 heavy (non-hydrogen) atoms. The van der Waals surface area contributed by atoms with Gasteiger partial charge >= 0.3 is 6.03 Å². The highest BCUT2D eigenvalue weighted by Gasteiger charge is 2.52. The van der Waals surface area contributed by atoms with E-state index in [2.05, 4.69) is 5.32 Å². The number of imide groups is 2. The third-order valence-electron chi connectivity index (χ3n) is 5.04. The molecule has 1 heterocycles. The molecular formula is C14H20N2O3. The average Bonchev–Trinajstić information content (AvgIpc) is 2.79. The normalized spacial score (nSPS) is 31.3. The topological polar surface area (TPSA) is 66.5 Å². The molecule has 5 nitrogen and oxygen atoms in total. The van der Waals surface area contributed by atoms with Crippen molar-refractivity contribution < 1.29 is 14.4 Å². The Morgan fingerprint density at radius 1 is 1.11 bits per heavy atom. The highest BCUT2D eigenvalue weighted by Crippen LogP contribution is 2.41. The summed E-state index contributed by atoms with van der Waals surface area (Å²) in [6, 6.07) is -0.522. The van der Waals surface area contributed by atoms with Crippen LogP contribution in [0.3, 0.4) is 0 Å². The van der Waals surface area contributed by atoms with Gasteiger partial charge in [0.15, 0.2) is 0 Å². The zero-order chi connectivity index (χ0) is 13.6. The first-order valence-electron chi connectivity index (χ1n) is 7.22. The van der Waals surface area contributed by atoms with Gasteiger partial charge in [-0.3, -0.25) is 19.8 Å². The molecular weight excluding hydrogens is 244 g/mol. The lowest BCUT2D eigenvalue weighted by Gasteiger charge is -2.49. The Labute approximate surface area is 112 Å². The predicted molar refractivity (Wildman–Crippen MR) is 68.1 cm³/mol. The Morgan fingerprint density at radius 3 is 2.26 bits per heavy atom. The molecule has 0 aromatic rings. The van der Waals surface area contributed by atoms with E-state index in [-0.39, 0.29) is 23.3 Å². The molecule has 3 rings (SSSR count). The molecule has 0 aromatic carbocycles. The van der Waals surface area contributed by atoms with Crippen LogP contribution in [0.4, 0.5) is 4.79 Å². The van der Waals surface area contributed by atoms with Gasteiger partial charge in [0.2, 0.25) is 11.8 Å². The van der Waals surface area contributed by atoms with Crippen molar-refractivity contribution >= 4 is 17.8 Å². The summed E-state index contributed by atoms with van der Waals surface area (Å²) in [5, 5.41) is 2.39. The van der Waals surface area contributed by atoms with Crippen molar-refractivity contribution in [3.8, 4) is 0 Å². The van der Waals surface area contributed by atoms with Crippen molar-refractivity contribution in [2.45, 2.75) is 57.4 Å². The quantitative estimate of drug-likeness (QED) is 0.773. The maximum Gasteiger partial charge on any atom is 0.331 e. The third-order valence-corrected chi connectivity index (χ3v) is 5.04. The molecule has 1 aliphatic heterocycles. The van der Waals surface area contributed by atoms with Crippen LogP contribution in [0.5, 0.6) is 0 Å². The molecule has 3 fully saturated rings. The summed E-state index contributed by atoms with van der Waals surface area (Å²) in [6.07, 6.45) is 6.72. The molecule has 4 amide bonds. The summed E-state index contributed by atoms with van der Waals surface area (Å²) >= 11 is 0. The van der Waals surface area contributed by atoms with E-state index in [0.717, 1.165) is 44.9 Å². The molecule has 0 bridgehead atoms. The lowest BCUT2D eigenvalue weighted by molar-refractivity contribution is -0.151. The van der Waals surface area contributed by atoms with Gasteiger partial charge in [-0.1, -0.05) is 12.8 Å². The van der Waals surface area contributed by atoms with E-state index >= 15 is 0 Å². The summed E-state index contributed by atoms with van der Waals surface area (Å²) in [6.45, 7) is 1.94. The lowest BCUT2D eigenvalue weighted by atomic mass is 9.75. The van der Waals surface area contributed by atoms with Crippen LogP contribution in [0.2, 0.25) is 0 Å². The van der Waals surface area contributed by atoms with Crippen LogP contribution >= 0.6 is 0 Å². The van der Waals surface area contributed by atoms with Gasteiger partial charge in [0.25, 0.3) is 0 Å². The van der Waals surface area contributed by atoms with Crippen LogP contribution in [0, 0.1) is 11.8 Å². The first kappa shape index (κ1) is 12.6. The maximum absolute atomic E-state index is 12.6. The van der Waals surface area contributed by atoms with Gasteiger partial charge in [-0.15, -0.1) is 0 Å². The third kappa shape index (κ3) is 1.86. The van der Waals surface area contributed by atoms with Crippen molar-refractivity contribution in [3.05, 3.63) is 0 Å². The largest absolute Gasteiger partial charge is 0.331 e. The molecule has 5 heteroatoms. The summed E-state index contributed by atoms with van der Waals surface area (Å²) < 4.78 is 0. The van der Waals surface area contributed by atoms with Crippen LogP contribution in [-0.2, 0) is 9.59 Å². The van der Waals surface area contributed by atoms with Gasteiger partial charge in [0.1, 0.15) is 5.92 Å². The van der Waals surface area contributed by atoms with Gasteiger partial charge in [-0.2, -0.15) is 0 Å². The molecule has 3 aliphatic rings. The Hall–Kier alpha value is -1.39. The van der Waals surface area contributed by atoms with Gasteiger partial charge in [0, 0.05) is 5.54 Å². The second-order valence-corrected chi connectivity index (χ2v) is 6.34. The van der Waals surface area contributed by atoms with Crippen LogP contribution in [0.25, 0.3) is 0 Å². The van der Waals surface area contributed by atoms with Crippen molar-refractivity contribution in [1.82, 2.24) is 10.2 Å². The molecule has 1 saturated heterocycles.